The third-order valence-corrected chi connectivity index (χ3v) is 6.71. The number of aryl methyl sites for hydroxylation is 1. The maximum Gasteiger partial charge on any atom is 0.416 e. The number of carbonyl (C=O) groups is 2. The van der Waals surface area contributed by atoms with Crippen LogP contribution in [0.5, 0.6) is 5.75 Å². The molecule has 0 bridgehead atoms. The minimum atomic E-state index is -4.37. The zero-order valence-electron chi connectivity index (χ0n) is 20.4. The third kappa shape index (κ3) is 6.87. The summed E-state index contributed by atoms with van der Waals surface area (Å²) in [4.78, 5) is 25.0. The number of amides is 1. The van der Waals surface area contributed by atoms with Gasteiger partial charge in [-0.3, -0.25) is 9.59 Å². The number of nitrogens with one attached hydrogen (secondary N) is 1. The number of hydrogen-bond donors (Lipinski definition) is 1. The highest BCUT2D eigenvalue weighted by Crippen LogP contribution is 2.36. The maximum atomic E-state index is 12.9. The van der Waals surface area contributed by atoms with E-state index in [2.05, 4.69) is 10.1 Å². The summed E-state index contributed by atoms with van der Waals surface area (Å²) in [5.74, 6) is 0.0672. The Morgan fingerprint density at radius 2 is 1.72 bits per heavy atom. The van der Waals surface area contributed by atoms with E-state index in [1.54, 1.807) is 12.1 Å². The second-order valence-corrected chi connectivity index (χ2v) is 9.73. The second kappa shape index (κ2) is 11.6. The first-order valence-corrected chi connectivity index (χ1v) is 12.2. The molecule has 1 N–H and O–H groups in total. The lowest BCUT2D eigenvalue weighted by Crippen LogP contribution is -2.25. The fraction of sp³-hybridized carbons (Fsp3) is 0.333. The molecule has 0 fully saturated rings. The van der Waals surface area contributed by atoms with Crippen LogP contribution in [0, 0.1) is 12.8 Å². The minimum Gasteiger partial charge on any atom is -0.485 e. The van der Waals surface area contributed by atoms with Gasteiger partial charge in [-0.15, -0.1) is 11.3 Å². The number of methoxy groups -OCH3 is 1. The Kier molecular flexibility index (Phi) is 8.79. The van der Waals surface area contributed by atoms with E-state index in [0.717, 1.165) is 28.1 Å². The first kappa shape index (κ1) is 27.3. The molecule has 192 valence electrons. The van der Waals surface area contributed by atoms with Crippen molar-refractivity contribution in [3.05, 3.63) is 75.5 Å². The fourth-order valence-corrected chi connectivity index (χ4v) is 4.76. The van der Waals surface area contributed by atoms with Crippen LogP contribution in [-0.4, -0.2) is 25.5 Å². The van der Waals surface area contributed by atoms with Crippen molar-refractivity contribution in [3.63, 3.8) is 0 Å². The SMILES string of the molecule is COC(=O)CCNC(=O)c1ccc(C(Oc2ccc(-c3ccc(C(F)(F)F)cc3)c(C)c2)C(C)C)s1. The molecule has 1 unspecified atom stereocenters. The van der Waals surface area contributed by atoms with E-state index in [9.17, 15) is 22.8 Å². The Balaban J connectivity index is 1.72. The van der Waals surface area contributed by atoms with Gasteiger partial charge in [-0.2, -0.15) is 13.2 Å². The molecule has 0 saturated carbocycles. The Morgan fingerprint density at radius 3 is 2.31 bits per heavy atom. The highest BCUT2D eigenvalue weighted by molar-refractivity contribution is 7.14. The number of ether oxygens (including phenoxy) is 2. The molecule has 0 aliphatic carbocycles. The molecule has 0 saturated heterocycles. The van der Waals surface area contributed by atoms with Gasteiger partial charge in [0.2, 0.25) is 0 Å². The molecule has 0 radical (unpaired) electrons. The standard InChI is InChI=1S/C27H28F3NO4S/c1-16(2)25(22-11-12-23(36-22)26(33)31-14-13-24(32)34-4)35-20-9-10-21(17(3)15-20)18-5-7-19(8-6-18)27(28,29)30/h5-12,15-16,25H,13-14H2,1-4H3,(H,31,33). The van der Waals surface area contributed by atoms with Crippen LogP contribution >= 0.6 is 11.3 Å². The normalized spacial score (nSPS) is 12.3. The van der Waals surface area contributed by atoms with Gasteiger partial charge >= 0.3 is 12.1 Å². The van der Waals surface area contributed by atoms with Gasteiger partial charge in [0.15, 0.2) is 0 Å². The van der Waals surface area contributed by atoms with Crippen molar-refractivity contribution in [1.82, 2.24) is 5.32 Å². The number of halogens is 3. The van der Waals surface area contributed by atoms with Gasteiger partial charge in [-0.1, -0.05) is 32.0 Å². The molecule has 3 rings (SSSR count). The number of hydrogen-bond acceptors (Lipinski definition) is 5. The maximum absolute atomic E-state index is 12.9. The van der Waals surface area contributed by atoms with E-state index >= 15 is 0 Å². The summed E-state index contributed by atoms with van der Waals surface area (Å²) in [5.41, 5.74) is 1.69. The lowest BCUT2D eigenvalue weighted by molar-refractivity contribution is -0.140. The lowest BCUT2D eigenvalue weighted by Gasteiger charge is -2.22. The Morgan fingerprint density at radius 1 is 1.03 bits per heavy atom. The van der Waals surface area contributed by atoms with Crippen LogP contribution in [0.15, 0.2) is 54.6 Å². The summed E-state index contributed by atoms with van der Waals surface area (Å²) < 4.78 is 49.5. The van der Waals surface area contributed by atoms with Gasteiger partial charge in [0.25, 0.3) is 5.91 Å². The highest BCUT2D eigenvalue weighted by Gasteiger charge is 2.30. The van der Waals surface area contributed by atoms with E-state index in [4.69, 9.17) is 4.74 Å². The van der Waals surface area contributed by atoms with Crippen LogP contribution in [0.2, 0.25) is 0 Å². The first-order valence-electron chi connectivity index (χ1n) is 11.4. The average molecular weight is 520 g/mol. The van der Waals surface area contributed by atoms with Gasteiger partial charge in [-0.25, -0.2) is 0 Å². The molecule has 3 aromatic rings. The molecule has 1 atom stereocenters. The summed E-state index contributed by atoms with van der Waals surface area (Å²) in [6, 6.07) is 14.2. The third-order valence-electron chi connectivity index (χ3n) is 5.56. The molecule has 1 heterocycles. The van der Waals surface area contributed by atoms with Gasteiger partial charge in [0.1, 0.15) is 11.9 Å². The van der Waals surface area contributed by atoms with Crippen molar-refractivity contribution in [2.75, 3.05) is 13.7 Å². The largest absolute Gasteiger partial charge is 0.485 e. The van der Waals surface area contributed by atoms with Crippen molar-refractivity contribution < 1.29 is 32.2 Å². The molecule has 0 aliphatic heterocycles. The zero-order chi connectivity index (χ0) is 26.5. The summed E-state index contributed by atoms with van der Waals surface area (Å²) in [7, 11) is 1.30. The van der Waals surface area contributed by atoms with Gasteiger partial charge in [0.05, 0.1) is 24.0 Å². The van der Waals surface area contributed by atoms with Crippen molar-refractivity contribution >= 4 is 23.2 Å². The second-order valence-electron chi connectivity index (χ2n) is 8.62. The van der Waals surface area contributed by atoms with E-state index < -0.39 is 17.7 Å². The predicted octanol–water partition coefficient (Wildman–Crippen LogP) is 6.81. The number of esters is 1. The van der Waals surface area contributed by atoms with Gasteiger partial charge in [0, 0.05) is 11.4 Å². The van der Waals surface area contributed by atoms with Crippen molar-refractivity contribution in [2.45, 2.75) is 39.5 Å². The van der Waals surface area contributed by atoms with Crippen LogP contribution in [0.3, 0.4) is 0 Å². The molecule has 0 spiro atoms. The van der Waals surface area contributed by atoms with Gasteiger partial charge < -0.3 is 14.8 Å². The van der Waals surface area contributed by atoms with Crippen LogP contribution < -0.4 is 10.1 Å². The zero-order valence-corrected chi connectivity index (χ0v) is 21.3. The summed E-state index contributed by atoms with van der Waals surface area (Å²) in [5, 5.41) is 2.70. The number of thiophene rings is 1. The molecule has 9 heteroatoms. The molecule has 36 heavy (non-hydrogen) atoms. The van der Waals surface area contributed by atoms with Gasteiger partial charge in [-0.05, 0) is 65.9 Å². The number of alkyl halides is 3. The topological polar surface area (TPSA) is 64.6 Å². The van der Waals surface area contributed by atoms with E-state index in [-0.39, 0.29) is 30.9 Å². The van der Waals surface area contributed by atoms with Crippen LogP contribution in [-0.2, 0) is 15.7 Å². The molecular weight excluding hydrogens is 491 g/mol. The molecule has 5 nitrogen and oxygen atoms in total. The lowest BCUT2D eigenvalue weighted by atomic mass is 9.99. The fourth-order valence-electron chi connectivity index (χ4n) is 3.64. The smallest absolute Gasteiger partial charge is 0.416 e. The predicted molar refractivity (Wildman–Crippen MR) is 133 cm³/mol. The summed E-state index contributed by atoms with van der Waals surface area (Å²) >= 11 is 1.32. The van der Waals surface area contributed by atoms with Crippen LogP contribution in [0.1, 0.15) is 52.0 Å². The number of carbonyl (C=O) groups excluding carboxylic acids is 2. The van der Waals surface area contributed by atoms with Crippen LogP contribution in [0.25, 0.3) is 11.1 Å². The van der Waals surface area contributed by atoms with E-state index in [1.807, 2.05) is 39.0 Å². The Labute approximate surface area is 212 Å². The monoisotopic (exact) mass is 519 g/mol. The Bertz CT molecular complexity index is 1200. The van der Waals surface area contributed by atoms with Crippen molar-refractivity contribution in [3.8, 4) is 16.9 Å². The first-order chi connectivity index (χ1) is 17.0. The molecule has 1 aromatic heterocycles. The van der Waals surface area contributed by atoms with Crippen molar-refractivity contribution in [2.24, 2.45) is 5.92 Å². The van der Waals surface area contributed by atoms with E-state index in [1.165, 1.54) is 30.6 Å². The Hall–Kier alpha value is -3.33. The number of benzene rings is 2. The van der Waals surface area contributed by atoms with Crippen molar-refractivity contribution in [1.29, 1.82) is 0 Å². The average Bonchev–Trinajstić information content (AvgIpc) is 3.32. The quantitative estimate of drug-likeness (QED) is 0.316. The molecule has 1 amide bonds. The molecular formula is C27H28F3NO4S. The highest BCUT2D eigenvalue weighted by atomic mass is 32.1. The van der Waals surface area contributed by atoms with Crippen LogP contribution in [0.4, 0.5) is 13.2 Å². The molecule has 2 aromatic carbocycles. The minimum absolute atomic E-state index is 0.0972. The summed E-state index contributed by atoms with van der Waals surface area (Å²) in [6.45, 7) is 6.10. The van der Waals surface area contributed by atoms with E-state index in [0.29, 0.717) is 16.2 Å². The molecule has 0 aliphatic rings. The summed E-state index contributed by atoms with van der Waals surface area (Å²) in [6.07, 6.45) is -4.58. The number of rotatable bonds is 9.